The molecule has 1 aliphatic heterocycles. The van der Waals surface area contributed by atoms with Crippen molar-refractivity contribution in [3.05, 3.63) is 81.8 Å². The van der Waals surface area contributed by atoms with Gasteiger partial charge in [-0.1, -0.05) is 36.4 Å². The van der Waals surface area contributed by atoms with E-state index >= 15 is 0 Å². The van der Waals surface area contributed by atoms with Crippen molar-refractivity contribution in [1.82, 2.24) is 5.64 Å². The van der Waals surface area contributed by atoms with E-state index in [2.05, 4.69) is 26.9 Å². The van der Waals surface area contributed by atoms with Gasteiger partial charge in [0, 0.05) is 33.5 Å². The van der Waals surface area contributed by atoms with Gasteiger partial charge >= 0.3 is 0 Å². The van der Waals surface area contributed by atoms with Crippen molar-refractivity contribution in [1.29, 1.82) is 0 Å². The maximum absolute atomic E-state index is 12.8. The van der Waals surface area contributed by atoms with Crippen molar-refractivity contribution in [3.8, 4) is 17.2 Å². The molecule has 0 unspecified atom stereocenters. The Labute approximate surface area is 170 Å². The van der Waals surface area contributed by atoms with Crippen LogP contribution in [-0.4, -0.2) is 5.91 Å². The first-order chi connectivity index (χ1) is 13.6. The number of rotatable bonds is 5. The molecule has 0 saturated carbocycles. The van der Waals surface area contributed by atoms with Crippen molar-refractivity contribution < 1.29 is 19.2 Å². The number of ether oxygens (including phenoxy) is 1. The molecule has 1 amide bonds. The molecule has 28 heavy (non-hydrogen) atoms. The molecule has 0 fully saturated rings. The number of carbonyl (C=O) groups is 1. The van der Waals surface area contributed by atoms with Crippen LogP contribution >= 0.6 is 15.9 Å². The number of halogens is 1. The van der Waals surface area contributed by atoms with Gasteiger partial charge in [0.15, 0.2) is 11.5 Å². The molecule has 0 aliphatic carbocycles. The third-order valence-electron chi connectivity index (χ3n) is 4.35. The highest BCUT2D eigenvalue weighted by Gasteiger charge is 2.21. The van der Waals surface area contributed by atoms with Gasteiger partial charge in [-0.3, -0.25) is 4.79 Å². The highest BCUT2D eigenvalue weighted by Crippen LogP contribution is 2.36. The molecule has 3 aromatic carbocycles. The van der Waals surface area contributed by atoms with Crippen molar-refractivity contribution >= 4 is 27.5 Å². The molecule has 0 spiro atoms. The van der Waals surface area contributed by atoms with E-state index in [0.29, 0.717) is 33.8 Å². The molecule has 2 N–H and O–H groups in total. The van der Waals surface area contributed by atoms with Gasteiger partial charge < -0.3 is 19.7 Å². The van der Waals surface area contributed by atoms with E-state index in [9.17, 15) is 4.79 Å². The van der Waals surface area contributed by atoms with Crippen LogP contribution in [0.4, 0.5) is 5.69 Å². The van der Waals surface area contributed by atoms with Crippen LogP contribution in [0.15, 0.2) is 65.1 Å². The minimum absolute atomic E-state index is 0.270. The van der Waals surface area contributed by atoms with E-state index in [4.69, 9.17) is 14.4 Å². The number of nitrogens with one attached hydrogen (secondary N) is 2. The van der Waals surface area contributed by atoms with Gasteiger partial charge in [-0.25, -0.2) is 0 Å². The van der Waals surface area contributed by atoms with Crippen LogP contribution in [0.3, 0.4) is 0 Å². The highest BCUT2D eigenvalue weighted by atomic mass is 79.9. The third-order valence-corrected chi connectivity index (χ3v) is 5.01. The summed E-state index contributed by atoms with van der Waals surface area (Å²) in [7, 11) is 0. The molecule has 0 aromatic heterocycles. The second-order valence-electron chi connectivity index (χ2n) is 6.22. The number of amides is 1. The van der Waals surface area contributed by atoms with Crippen LogP contribution in [0, 0.1) is 6.92 Å². The zero-order valence-electron chi connectivity index (χ0n) is 15.0. The Balaban J connectivity index is 1.51. The maximum Gasteiger partial charge on any atom is 0.256 e. The smallest absolute Gasteiger partial charge is 0.256 e. The molecule has 6 nitrogen and oxygen atoms in total. The fourth-order valence-corrected chi connectivity index (χ4v) is 3.31. The van der Waals surface area contributed by atoms with Crippen molar-refractivity contribution in [2.24, 2.45) is 0 Å². The second kappa shape index (κ2) is 7.92. The van der Waals surface area contributed by atoms with Gasteiger partial charge in [0.05, 0.1) is 5.56 Å². The molecule has 1 aliphatic rings. The summed E-state index contributed by atoms with van der Waals surface area (Å²) in [6, 6.07) is 18.8. The lowest BCUT2D eigenvalue weighted by molar-refractivity contribution is 0.0259. The first-order valence-corrected chi connectivity index (χ1v) is 9.41. The van der Waals surface area contributed by atoms with E-state index in [0.717, 1.165) is 16.9 Å². The lowest BCUT2D eigenvalue weighted by atomic mass is 10.1. The standard InChI is InChI=1S/C21H17BrN2O4/c1-13-17(8-5-9-18(13)26-12-14-6-3-2-4-7-14)23-21(25)15-10-19-20(11-16(15)22)28-24-27-19/h2-11,24H,12H2,1H3,(H,23,25). The van der Waals surface area contributed by atoms with E-state index < -0.39 is 0 Å². The van der Waals surface area contributed by atoms with Gasteiger partial charge in [0.2, 0.25) is 0 Å². The molecule has 0 bridgehead atoms. The van der Waals surface area contributed by atoms with Gasteiger partial charge in [0.1, 0.15) is 12.4 Å². The average molecular weight is 441 g/mol. The fraction of sp³-hybridized carbons (Fsp3) is 0.0952. The van der Waals surface area contributed by atoms with Crippen molar-refractivity contribution in [3.63, 3.8) is 0 Å². The molecule has 142 valence electrons. The summed E-state index contributed by atoms with van der Waals surface area (Å²) < 4.78 is 6.53. The number of hydrogen-bond donors (Lipinski definition) is 2. The van der Waals surface area contributed by atoms with Gasteiger partial charge in [-0.15, -0.1) is 0 Å². The predicted octanol–water partition coefficient (Wildman–Crippen LogP) is 4.78. The first kappa shape index (κ1) is 18.3. The van der Waals surface area contributed by atoms with Crippen LogP contribution in [0.5, 0.6) is 17.2 Å². The molecule has 1 heterocycles. The van der Waals surface area contributed by atoms with Gasteiger partial charge in [0.25, 0.3) is 5.91 Å². The summed E-state index contributed by atoms with van der Waals surface area (Å²) in [5.41, 5.74) is 5.35. The molecule has 4 rings (SSSR count). The van der Waals surface area contributed by atoms with Gasteiger partial charge in [-0.05, 0) is 40.5 Å². The maximum atomic E-state index is 12.8. The fourth-order valence-electron chi connectivity index (χ4n) is 2.81. The molecule has 3 aromatic rings. The summed E-state index contributed by atoms with van der Waals surface area (Å²) in [6.45, 7) is 2.37. The molecular weight excluding hydrogens is 424 g/mol. The zero-order valence-corrected chi connectivity index (χ0v) is 16.6. The minimum Gasteiger partial charge on any atom is -0.489 e. The summed E-state index contributed by atoms with van der Waals surface area (Å²) in [5.74, 6) is 1.41. The number of carbonyl (C=O) groups excluding carboxylic acids is 1. The zero-order chi connectivity index (χ0) is 19.5. The molecule has 0 radical (unpaired) electrons. The Morgan fingerprint density at radius 1 is 1.07 bits per heavy atom. The summed E-state index contributed by atoms with van der Waals surface area (Å²) in [6.07, 6.45) is 0. The van der Waals surface area contributed by atoms with Crippen molar-refractivity contribution in [2.45, 2.75) is 13.5 Å². The third kappa shape index (κ3) is 3.81. The van der Waals surface area contributed by atoms with Crippen LogP contribution in [-0.2, 0) is 6.61 Å². The van der Waals surface area contributed by atoms with Crippen molar-refractivity contribution in [2.75, 3.05) is 5.32 Å². The van der Waals surface area contributed by atoms with E-state index in [1.165, 1.54) is 0 Å². The largest absolute Gasteiger partial charge is 0.489 e. The Kier molecular flexibility index (Phi) is 5.18. The van der Waals surface area contributed by atoms with E-state index in [1.807, 2.05) is 55.5 Å². The van der Waals surface area contributed by atoms with Crippen LogP contribution in [0.2, 0.25) is 0 Å². The Morgan fingerprint density at radius 2 is 1.82 bits per heavy atom. The normalized spacial score (nSPS) is 11.9. The molecule has 7 heteroatoms. The number of benzene rings is 3. The number of hydrogen-bond acceptors (Lipinski definition) is 5. The van der Waals surface area contributed by atoms with Crippen LogP contribution < -0.4 is 25.4 Å². The monoisotopic (exact) mass is 440 g/mol. The Hall–Kier alpha value is -3.03. The lowest BCUT2D eigenvalue weighted by Crippen LogP contribution is -2.14. The number of anilines is 1. The molecule has 0 saturated heterocycles. The summed E-state index contributed by atoms with van der Waals surface area (Å²) in [5, 5.41) is 2.93. The van der Waals surface area contributed by atoms with Crippen LogP contribution in [0.1, 0.15) is 21.5 Å². The number of fused-ring (bicyclic) bond motifs is 1. The topological polar surface area (TPSA) is 68.8 Å². The SMILES string of the molecule is Cc1c(NC(=O)c2cc3c(cc2Br)ONO3)cccc1OCc1ccccc1. The lowest BCUT2D eigenvalue weighted by Gasteiger charge is -2.14. The quantitative estimate of drug-likeness (QED) is 0.597. The molecule has 0 atom stereocenters. The highest BCUT2D eigenvalue weighted by molar-refractivity contribution is 9.10. The minimum atomic E-state index is -0.270. The van der Waals surface area contributed by atoms with E-state index in [-0.39, 0.29) is 5.91 Å². The first-order valence-electron chi connectivity index (χ1n) is 8.62. The second-order valence-corrected chi connectivity index (χ2v) is 7.08. The summed E-state index contributed by atoms with van der Waals surface area (Å²) in [4.78, 5) is 23.0. The average Bonchev–Trinajstić information content (AvgIpc) is 3.16. The van der Waals surface area contributed by atoms with Gasteiger partial charge in [-0.2, -0.15) is 0 Å². The molecular formula is C21H17BrN2O4. The Morgan fingerprint density at radius 3 is 2.61 bits per heavy atom. The Bertz CT molecular complexity index is 1020. The summed E-state index contributed by atoms with van der Waals surface area (Å²) >= 11 is 3.40. The van der Waals surface area contributed by atoms with Crippen LogP contribution in [0.25, 0.3) is 0 Å². The van der Waals surface area contributed by atoms with E-state index in [1.54, 1.807) is 12.1 Å². The predicted molar refractivity (Wildman–Crippen MR) is 108 cm³/mol.